The molecular weight excluding hydrogens is 309 g/mol. The first kappa shape index (κ1) is 15.0. The highest BCUT2D eigenvalue weighted by atomic mass is 35.5. The Kier molecular flexibility index (Phi) is 3.47. The van der Waals surface area contributed by atoms with Gasteiger partial charge in [0.2, 0.25) is 5.88 Å². The van der Waals surface area contributed by atoms with Gasteiger partial charge in [-0.3, -0.25) is 5.73 Å². The van der Waals surface area contributed by atoms with E-state index in [9.17, 15) is 4.39 Å². The van der Waals surface area contributed by atoms with Gasteiger partial charge in [0.1, 0.15) is 17.1 Å². The minimum Gasteiger partial charge on any atom is -0.481 e. The molecule has 2 aromatic rings. The van der Waals surface area contributed by atoms with Crippen molar-refractivity contribution in [2.45, 2.75) is 18.7 Å². The van der Waals surface area contributed by atoms with Gasteiger partial charge in [-0.25, -0.2) is 9.37 Å². The standard InChI is InChI=1S/C15H15ClFN3O2/c1-7-13-9(6-12(20-7)21-2)15(19,14(18)22-13)8-3-4-11(17)10(16)5-8/h3-6,14H,18-19H2,1-2H3. The van der Waals surface area contributed by atoms with Gasteiger partial charge in [0, 0.05) is 11.6 Å². The molecule has 0 aliphatic carbocycles. The van der Waals surface area contributed by atoms with Crippen LogP contribution in [0.4, 0.5) is 4.39 Å². The largest absolute Gasteiger partial charge is 0.481 e. The summed E-state index contributed by atoms with van der Waals surface area (Å²) in [6.07, 6.45) is -0.850. The maximum Gasteiger partial charge on any atom is 0.213 e. The van der Waals surface area contributed by atoms with Gasteiger partial charge in [-0.05, 0) is 24.6 Å². The van der Waals surface area contributed by atoms with Crippen molar-refractivity contribution in [1.82, 2.24) is 4.98 Å². The molecule has 0 fully saturated rings. The fourth-order valence-electron chi connectivity index (χ4n) is 2.64. The average molecular weight is 324 g/mol. The smallest absolute Gasteiger partial charge is 0.213 e. The Labute approximate surface area is 132 Å². The molecule has 5 nitrogen and oxygen atoms in total. The number of methoxy groups -OCH3 is 1. The number of benzene rings is 1. The quantitative estimate of drug-likeness (QED) is 0.884. The number of nitrogens with two attached hydrogens (primary N) is 2. The molecule has 0 amide bonds. The highest BCUT2D eigenvalue weighted by Gasteiger charge is 2.47. The van der Waals surface area contributed by atoms with Gasteiger partial charge in [0.05, 0.1) is 17.8 Å². The van der Waals surface area contributed by atoms with Crippen LogP contribution in [-0.2, 0) is 5.54 Å². The summed E-state index contributed by atoms with van der Waals surface area (Å²) in [7, 11) is 1.51. The average Bonchev–Trinajstić information content (AvgIpc) is 2.75. The number of fused-ring (bicyclic) bond motifs is 1. The van der Waals surface area contributed by atoms with Crippen LogP contribution >= 0.6 is 11.6 Å². The zero-order valence-electron chi connectivity index (χ0n) is 12.1. The summed E-state index contributed by atoms with van der Waals surface area (Å²) in [6.45, 7) is 1.78. The monoisotopic (exact) mass is 323 g/mol. The third kappa shape index (κ3) is 2.03. The lowest BCUT2D eigenvalue weighted by Gasteiger charge is -2.28. The van der Waals surface area contributed by atoms with Crippen LogP contribution < -0.4 is 20.9 Å². The van der Waals surface area contributed by atoms with E-state index >= 15 is 0 Å². The van der Waals surface area contributed by atoms with Gasteiger partial charge in [-0.2, -0.15) is 0 Å². The van der Waals surface area contributed by atoms with Crippen molar-refractivity contribution >= 4 is 11.6 Å². The number of hydrogen-bond donors (Lipinski definition) is 2. The lowest BCUT2D eigenvalue weighted by atomic mass is 9.83. The maximum atomic E-state index is 13.4. The Balaban J connectivity index is 2.23. The van der Waals surface area contributed by atoms with Crippen LogP contribution in [0.1, 0.15) is 16.8 Å². The molecule has 0 saturated heterocycles. The normalized spacial score (nSPS) is 23.1. The Bertz CT molecular complexity index is 756. The highest BCUT2D eigenvalue weighted by Crippen LogP contribution is 2.45. The van der Waals surface area contributed by atoms with E-state index in [1.165, 1.54) is 19.2 Å². The second-order valence-electron chi connectivity index (χ2n) is 5.16. The molecule has 0 radical (unpaired) electrons. The summed E-state index contributed by atoms with van der Waals surface area (Å²) < 4.78 is 24.3. The molecule has 3 rings (SSSR count). The Morgan fingerprint density at radius 2 is 2.14 bits per heavy atom. The van der Waals surface area contributed by atoms with Crippen LogP contribution in [0.15, 0.2) is 24.3 Å². The molecule has 1 aliphatic heterocycles. The summed E-state index contributed by atoms with van der Waals surface area (Å²) in [5.41, 5.74) is 13.3. The van der Waals surface area contributed by atoms with E-state index in [2.05, 4.69) is 4.98 Å². The lowest BCUT2D eigenvalue weighted by Crippen LogP contribution is -2.52. The minimum absolute atomic E-state index is 0.0271. The number of hydrogen-bond acceptors (Lipinski definition) is 5. The number of ether oxygens (including phenoxy) is 2. The second kappa shape index (κ2) is 5.08. The molecule has 22 heavy (non-hydrogen) atoms. The summed E-state index contributed by atoms with van der Waals surface area (Å²) in [4.78, 5) is 4.24. The minimum atomic E-state index is -1.17. The van der Waals surface area contributed by atoms with E-state index in [1.54, 1.807) is 19.1 Å². The Morgan fingerprint density at radius 1 is 1.41 bits per heavy atom. The van der Waals surface area contributed by atoms with Crippen LogP contribution in [-0.4, -0.2) is 18.3 Å². The van der Waals surface area contributed by atoms with Crippen molar-refractivity contribution < 1.29 is 13.9 Å². The zero-order valence-corrected chi connectivity index (χ0v) is 12.8. The van der Waals surface area contributed by atoms with Gasteiger partial charge in [0.15, 0.2) is 6.23 Å². The van der Waals surface area contributed by atoms with Crippen molar-refractivity contribution in [3.63, 3.8) is 0 Å². The molecule has 0 spiro atoms. The first-order valence-corrected chi connectivity index (χ1v) is 6.98. The lowest BCUT2D eigenvalue weighted by molar-refractivity contribution is 0.176. The summed E-state index contributed by atoms with van der Waals surface area (Å²) in [5.74, 6) is 0.387. The van der Waals surface area contributed by atoms with E-state index in [-0.39, 0.29) is 5.02 Å². The fourth-order valence-corrected chi connectivity index (χ4v) is 2.82. The molecule has 7 heteroatoms. The highest BCUT2D eigenvalue weighted by molar-refractivity contribution is 6.30. The second-order valence-corrected chi connectivity index (χ2v) is 5.57. The molecule has 2 unspecified atom stereocenters. The van der Waals surface area contributed by atoms with Crippen LogP contribution in [0, 0.1) is 12.7 Å². The number of pyridine rings is 1. The van der Waals surface area contributed by atoms with Crippen LogP contribution in [0.2, 0.25) is 5.02 Å². The van der Waals surface area contributed by atoms with Gasteiger partial charge in [-0.1, -0.05) is 17.7 Å². The number of nitrogens with zero attached hydrogens (tertiary/aromatic N) is 1. The first-order chi connectivity index (χ1) is 10.4. The zero-order chi connectivity index (χ0) is 16.1. The summed E-state index contributed by atoms with van der Waals surface area (Å²) >= 11 is 5.87. The van der Waals surface area contributed by atoms with Gasteiger partial charge in [0.25, 0.3) is 0 Å². The molecule has 116 valence electrons. The molecule has 0 bridgehead atoms. The van der Waals surface area contributed by atoms with Gasteiger partial charge < -0.3 is 15.2 Å². The van der Waals surface area contributed by atoms with Crippen molar-refractivity contribution in [3.8, 4) is 11.6 Å². The van der Waals surface area contributed by atoms with E-state index < -0.39 is 17.6 Å². The van der Waals surface area contributed by atoms with Crippen LogP contribution in [0.25, 0.3) is 0 Å². The molecule has 4 N–H and O–H groups in total. The predicted octanol–water partition coefficient (Wildman–Crippen LogP) is 2.07. The Hall–Kier alpha value is -1.89. The van der Waals surface area contributed by atoms with Gasteiger partial charge in [-0.15, -0.1) is 0 Å². The topological polar surface area (TPSA) is 83.4 Å². The van der Waals surface area contributed by atoms with E-state index in [1.807, 2.05) is 0 Å². The van der Waals surface area contributed by atoms with E-state index in [0.29, 0.717) is 28.5 Å². The fraction of sp³-hybridized carbons (Fsp3) is 0.267. The molecule has 1 aromatic heterocycles. The third-order valence-corrected chi connectivity index (χ3v) is 4.15. The number of aromatic nitrogens is 1. The van der Waals surface area contributed by atoms with E-state index in [4.69, 9.17) is 32.5 Å². The number of aryl methyl sites for hydroxylation is 1. The van der Waals surface area contributed by atoms with Crippen LogP contribution in [0.3, 0.4) is 0 Å². The van der Waals surface area contributed by atoms with E-state index in [0.717, 1.165) is 0 Å². The van der Waals surface area contributed by atoms with Crippen molar-refractivity contribution in [2.24, 2.45) is 11.5 Å². The first-order valence-electron chi connectivity index (χ1n) is 6.60. The third-order valence-electron chi connectivity index (χ3n) is 3.86. The molecule has 0 saturated carbocycles. The molecule has 2 heterocycles. The Morgan fingerprint density at radius 3 is 2.77 bits per heavy atom. The van der Waals surface area contributed by atoms with Crippen molar-refractivity contribution in [1.29, 1.82) is 0 Å². The number of halogens is 2. The molecular formula is C15H15ClFN3O2. The van der Waals surface area contributed by atoms with Gasteiger partial charge >= 0.3 is 0 Å². The summed E-state index contributed by atoms with van der Waals surface area (Å²) in [5, 5.41) is -0.0271. The molecule has 1 aromatic carbocycles. The number of rotatable bonds is 2. The predicted molar refractivity (Wildman–Crippen MR) is 80.5 cm³/mol. The SMILES string of the molecule is COc1cc2c(c(C)n1)OC(N)C2(N)c1ccc(F)c(Cl)c1. The molecule has 2 atom stereocenters. The maximum absolute atomic E-state index is 13.4. The van der Waals surface area contributed by atoms with Crippen molar-refractivity contribution in [2.75, 3.05) is 7.11 Å². The summed E-state index contributed by atoms with van der Waals surface area (Å²) in [6, 6.07) is 5.92. The van der Waals surface area contributed by atoms with Crippen LogP contribution in [0.5, 0.6) is 11.6 Å². The van der Waals surface area contributed by atoms with Crippen molar-refractivity contribution in [3.05, 3.63) is 51.9 Å². The molecule has 1 aliphatic rings.